The van der Waals surface area contributed by atoms with Crippen LogP contribution in [0.5, 0.6) is 0 Å². The molecule has 0 aromatic heterocycles. The normalized spacial score (nSPS) is 10.1. The van der Waals surface area contributed by atoms with Gasteiger partial charge < -0.3 is 5.32 Å². The monoisotopic (exact) mass is 297 g/mol. The van der Waals surface area contributed by atoms with E-state index in [9.17, 15) is 4.79 Å². The number of rotatable bonds is 4. The molecular formula is C13H19N3OS2. The Kier molecular flexibility index (Phi) is 6.66. The molecule has 0 aliphatic rings. The molecule has 4 nitrogen and oxygen atoms in total. The molecule has 0 atom stereocenters. The second kappa shape index (κ2) is 8.01. The lowest BCUT2D eigenvalue weighted by molar-refractivity contribution is 0.0940. The van der Waals surface area contributed by atoms with Gasteiger partial charge in [-0.15, -0.1) is 11.8 Å². The molecule has 0 radical (unpaired) electrons. The Bertz CT molecular complexity index is 449. The van der Waals surface area contributed by atoms with Crippen LogP contribution in [0.2, 0.25) is 0 Å². The highest BCUT2D eigenvalue weighted by atomic mass is 32.2. The van der Waals surface area contributed by atoms with Crippen molar-refractivity contribution in [2.24, 2.45) is 0 Å². The summed E-state index contributed by atoms with van der Waals surface area (Å²) >= 11 is 6.68. The molecule has 0 aliphatic heterocycles. The molecular weight excluding hydrogens is 278 g/mol. The zero-order valence-electron chi connectivity index (χ0n) is 11.3. The maximum atomic E-state index is 12.1. The number of amides is 1. The highest BCUT2D eigenvalue weighted by Crippen LogP contribution is 2.21. The first kappa shape index (κ1) is 15.8. The molecule has 0 spiro atoms. The van der Waals surface area contributed by atoms with Crippen LogP contribution in [0.4, 0.5) is 0 Å². The predicted molar refractivity (Wildman–Crippen MR) is 84.3 cm³/mol. The molecule has 3 N–H and O–H groups in total. The van der Waals surface area contributed by atoms with Crippen molar-refractivity contribution in [3.63, 3.8) is 0 Å². The fourth-order valence-electron chi connectivity index (χ4n) is 1.41. The fraction of sp³-hybridized carbons (Fsp3) is 0.385. The molecule has 0 unspecified atom stereocenters. The van der Waals surface area contributed by atoms with E-state index >= 15 is 0 Å². The maximum absolute atomic E-state index is 12.1. The molecule has 1 rings (SSSR count). The third-order valence-corrected chi connectivity index (χ3v) is 3.32. The van der Waals surface area contributed by atoms with Crippen LogP contribution >= 0.6 is 24.0 Å². The van der Waals surface area contributed by atoms with Gasteiger partial charge in [0.15, 0.2) is 5.11 Å². The van der Waals surface area contributed by atoms with Crippen molar-refractivity contribution >= 4 is 35.0 Å². The first-order valence-corrected chi connectivity index (χ1v) is 7.52. The van der Waals surface area contributed by atoms with E-state index in [0.717, 1.165) is 10.6 Å². The molecule has 1 aromatic rings. The van der Waals surface area contributed by atoms with Crippen LogP contribution in [0.25, 0.3) is 0 Å². The van der Waals surface area contributed by atoms with E-state index < -0.39 is 0 Å². The summed E-state index contributed by atoms with van der Waals surface area (Å²) in [4.78, 5) is 13.0. The van der Waals surface area contributed by atoms with Crippen LogP contribution in [-0.2, 0) is 0 Å². The second-order valence-corrected chi connectivity index (χ2v) is 5.85. The van der Waals surface area contributed by atoms with Gasteiger partial charge in [-0.05, 0) is 44.0 Å². The molecule has 1 amide bonds. The fourth-order valence-corrected chi connectivity index (χ4v) is 2.50. The van der Waals surface area contributed by atoms with Gasteiger partial charge in [0.2, 0.25) is 0 Å². The number of thiocarbonyl (C=S) groups is 1. The van der Waals surface area contributed by atoms with E-state index in [1.54, 1.807) is 17.8 Å². The summed E-state index contributed by atoms with van der Waals surface area (Å²) < 4.78 is 0. The van der Waals surface area contributed by atoms with E-state index in [1.165, 1.54) is 0 Å². The Morgan fingerprint density at radius 3 is 2.63 bits per heavy atom. The Labute approximate surface area is 123 Å². The van der Waals surface area contributed by atoms with E-state index in [-0.39, 0.29) is 11.9 Å². The summed E-state index contributed by atoms with van der Waals surface area (Å²) in [5.41, 5.74) is 5.94. The number of hydrogen-bond acceptors (Lipinski definition) is 3. The quantitative estimate of drug-likeness (QED) is 0.452. The van der Waals surface area contributed by atoms with Gasteiger partial charge in [0.05, 0.1) is 5.56 Å². The number of carbonyl (C=O) groups is 1. The number of nitrogens with one attached hydrogen (secondary N) is 3. The van der Waals surface area contributed by atoms with Crippen LogP contribution in [-0.4, -0.2) is 22.8 Å². The molecule has 1 aromatic carbocycles. The molecule has 19 heavy (non-hydrogen) atoms. The molecule has 0 saturated carbocycles. The minimum Gasteiger partial charge on any atom is -0.359 e. The molecule has 0 bridgehead atoms. The number of benzene rings is 1. The third-order valence-electron chi connectivity index (χ3n) is 2.14. The van der Waals surface area contributed by atoms with E-state index in [4.69, 9.17) is 12.2 Å². The lowest BCUT2D eigenvalue weighted by Gasteiger charge is -2.14. The smallest absolute Gasteiger partial charge is 0.270 e. The summed E-state index contributed by atoms with van der Waals surface area (Å²) in [6.07, 6.45) is 0. The summed E-state index contributed by atoms with van der Waals surface area (Å²) in [5, 5.41) is 3.40. The van der Waals surface area contributed by atoms with E-state index in [1.807, 2.05) is 32.0 Å². The van der Waals surface area contributed by atoms with Gasteiger partial charge >= 0.3 is 0 Å². The van der Waals surface area contributed by atoms with E-state index in [2.05, 4.69) is 23.1 Å². The summed E-state index contributed by atoms with van der Waals surface area (Å²) in [5.74, 6) is 0.731. The van der Waals surface area contributed by atoms with Gasteiger partial charge in [-0.3, -0.25) is 15.6 Å². The first-order valence-electron chi connectivity index (χ1n) is 6.13. The van der Waals surface area contributed by atoms with Crippen molar-refractivity contribution in [3.8, 4) is 0 Å². The highest BCUT2D eigenvalue weighted by Gasteiger charge is 2.10. The number of carbonyl (C=O) groups excluding carboxylic acids is 1. The summed E-state index contributed by atoms with van der Waals surface area (Å²) in [6, 6.07) is 7.73. The molecule has 0 heterocycles. The van der Waals surface area contributed by atoms with Crippen molar-refractivity contribution in [2.45, 2.75) is 31.7 Å². The number of hydrazine groups is 1. The lowest BCUT2D eigenvalue weighted by Crippen LogP contribution is -2.48. The van der Waals surface area contributed by atoms with Crippen LogP contribution in [0.1, 0.15) is 31.1 Å². The highest BCUT2D eigenvalue weighted by molar-refractivity contribution is 7.99. The minimum atomic E-state index is -0.190. The molecule has 0 fully saturated rings. The SMILES string of the molecule is CCSc1ccccc1C(=O)NNC(=S)NC(C)C. The van der Waals surface area contributed by atoms with Gasteiger partial charge in [0.25, 0.3) is 5.91 Å². The topological polar surface area (TPSA) is 53.2 Å². The Hall–Kier alpha value is -1.27. The largest absolute Gasteiger partial charge is 0.359 e. The molecule has 104 valence electrons. The van der Waals surface area contributed by atoms with Gasteiger partial charge in [-0.2, -0.15) is 0 Å². The predicted octanol–water partition coefficient (Wildman–Crippen LogP) is 2.32. The number of hydrogen-bond donors (Lipinski definition) is 3. The van der Waals surface area contributed by atoms with Crippen molar-refractivity contribution in [1.82, 2.24) is 16.2 Å². The average molecular weight is 297 g/mol. The van der Waals surface area contributed by atoms with Crippen LogP contribution < -0.4 is 16.2 Å². The van der Waals surface area contributed by atoms with E-state index in [0.29, 0.717) is 10.7 Å². The van der Waals surface area contributed by atoms with Crippen LogP contribution in [0.3, 0.4) is 0 Å². The number of thioether (sulfide) groups is 1. The maximum Gasteiger partial charge on any atom is 0.270 e. The van der Waals surface area contributed by atoms with Gasteiger partial charge in [-0.1, -0.05) is 19.1 Å². The minimum absolute atomic E-state index is 0.190. The van der Waals surface area contributed by atoms with Crippen molar-refractivity contribution in [2.75, 3.05) is 5.75 Å². The first-order chi connectivity index (χ1) is 9.04. The second-order valence-electron chi connectivity index (χ2n) is 4.14. The zero-order valence-corrected chi connectivity index (χ0v) is 13.0. The van der Waals surface area contributed by atoms with Crippen LogP contribution in [0.15, 0.2) is 29.2 Å². The Balaban J connectivity index is 2.61. The molecule has 0 aliphatic carbocycles. The van der Waals surface area contributed by atoms with Gasteiger partial charge in [0.1, 0.15) is 0 Å². The third kappa shape index (κ3) is 5.48. The van der Waals surface area contributed by atoms with Crippen molar-refractivity contribution in [3.05, 3.63) is 29.8 Å². The lowest BCUT2D eigenvalue weighted by atomic mass is 10.2. The molecule has 6 heteroatoms. The Morgan fingerprint density at radius 1 is 1.32 bits per heavy atom. The molecule has 0 saturated heterocycles. The summed E-state index contributed by atoms with van der Waals surface area (Å²) in [7, 11) is 0. The van der Waals surface area contributed by atoms with Crippen LogP contribution in [0, 0.1) is 0 Å². The average Bonchev–Trinajstić information content (AvgIpc) is 2.36. The Morgan fingerprint density at radius 2 is 2.00 bits per heavy atom. The summed E-state index contributed by atoms with van der Waals surface area (Å²) in [6.45, 7) is 6.01. The standard InChI is InChI=1S/C13H19N3OS2/c1-4-19-11-8-6-5-7-10(11)12(17)15-16-13(18)14-9(2)3/h5-9H,4H2,1-3H3,(H,15,17)(H2,14,16,18). The zero-order chi connectivity index (χ0) is 14.3. The van der Waals surface area contributed by atoms with Gasteiger partial charge in [-0.25, -0.2) is 0 Å². The van der Waals surface area contributed by atoms with Crippen molar-refractivity contribution in [1.29, 1.82) is 0 Å². The van der Waals surface area contributed by atoms with Crippen molar-refractivity contribution < 1.29 is 4.79 Å². The van der Waals surface area contributed by atoms with Gasteiger partial charge in [0, 0.05) is 10.9 Å².